The number of nitrogens with zero attached hydrogens (tertiary/aromatic N) is 2. The van der Waals surface area contributed by atoms with E-state index < -0.39 is 0 Å². The van der Waals surface area contributed by atoms with Crippen molar-refractivity contribution in [1.29, 1.82) is 0 Å². The van der Waals surface area contributed by atoms with Gasteiger partial charge in [-0.15, -0.1) is 0 Å². The maximum absolute atomic E-state index is 9.86. The first kappa shape index (κ1) is 12.6. The van der Waals surface area contributed by atoms with Crippen molar-refractivity contribution in [3.63, 3.8) is 0 Å². The molecule has 0 aliphatic heterocycles. The van der Waals surface area contributed by atoms with Gasteiger partial charge < -0.3 is 10.4 Å². The second-order valence-electron chi connectivity index (χ2n) is 4.42. The molecule has 1 heterocycles. The summed E-state index contributed by atoms with van der Waals surface area (Å²) in [6.07, 6.45) is 4.77. The minimum atomic E-state index is 0.159. The second kappa shape index (κ2) is 5.69. The number of benzene rings is 1. The Balaban J connectivity index is 2.04. The number of aryl methyl sites for hydroxylation is 1. The Morgan fingerprint density at radius 3 is 2.78 bits per heavy atom. The van der Waals surface area contributed by atoms with Gasteiger partial charge in [0.15, 0.2) is 0 Å². The van der Waals surface area contributed by atoms with Crippen molar-refractivity contribution >= 4 is 0 Å². The highest BCUT2D eigenvalue weighted by molar-refractivity contribution is 5.34. The van der Waals surface area contributed by atoms with E-state index in [1.54, 1.807) is 10.7 Å². The van der Waals surface area contributed by atoms with Gasteiger partial charge in [-0.3, -0.25) is 4.68 Å². The standard InChI is InChI=1S/C14H19N3O/c1-3-13(12-6-4-5-7-14(12)18)15-8-11-9-16-17(2)10-11/h4-7,9-10,13,15,18H,3,8H2,1-2H3. The minimum Gasteiger partial charge on any atom is -0.508 e. The van der Waals surface area contributed by atoms with Gasteiger partial charge in [0.05, 0.1) is 6.20 Å². The number of phenols is 1. The smallest absolute Gasteiger partial charge is 0.120 e. The molecule has 18 heavy (non-hydrogen) atoms. The third kappa shape index (κ3) is 2.90. The van der Waals surface area contributed by atoms with Crippen LogP contribution in [0.15, 0.2) is 36.7 Å². The van der Waals surface area contributed by atoms with E-state index in [9.17, 15) is 5.11 Å². The average Bonchev–Trinajstić information content (AvgIpc) is 2.78. The van der Waals surface area contributed by atoms with Crippen LogP contribution in [0.5, 0.6) is 5.75 Å². The lowest BCUT2D eigenvalue weighted by Gasteiger charge is -2.18. The predicted molar refractivity (Wildman–Crippen MR) is 71.2 cm³/mol. The first-order chi connectivity index (χ1) is 8.70. The van der Waals surface area contributed by atoms with Crippen LogP contribution in [0.2, 0.25) is 0 Å². The number of aromatic nitrogens is 2. The molecular formula is C14H19N3O. The zero-order chi connectivity index (χ0) is 13.0. The molecule has 4 nitrogen and oxygen atoms in total. The fraction of sp³-hybridized carbons (Fsp3) is 0.357. The molecule has 2 rings (SSSR count). The van der Waals surface area contributed by atoms with Gasteiger partial charge in [-0.2, -0.15) is 5.10 Å². The molecule has 0 saturated carbocycles. The van der Waals surface area contributed by atoms with Gasteiger partial charge in [-0.1, -0.05) is 25.1 Å². The Labute approximate surface area is 107 Å². The van der Waals surface area contributed by atoms with Gasteiger partial charge in [0.1, 0.15) is 5.75 Å². The average molecular weight is 245 g/mol. The molecule has 4 heteroatoms. The molecule has 0 aliphatic carbocycles. The molecule has 2 N–H and O–H groups in total. The quantitative estimate of drug-likeness (QED) is 0.850. The van der Waals surface area contributed by atoms with E-state index in [2.05, 4.69) is 17.3 Å². The summed E-state index contributed by atoms with van der Waals surface area (Å²) in [6, 6.07) is 7.63. The monoisotopic (exact) mass is 245 g/mol. The van der Waals surface area contributed by atoms with Crippen LogP contribution in [0.1, 0.15) is 30.5 Å². The van der Waals surface area contributed by atoms with Crippen molar-refractivity contribution in [2.45, 2.75) is 25.9 Å². The Morgan fingerprint density at radius 2 is 2.17 bits per heavy atom. The molecule has 0 fully saturated rings. The fourth-order valence-electron chi connectivity index (χ4n) is 2.06. The Hall–Kier alpha value is -1.81. The maximum atomic E-state index is 9.86. The fourth-order valence-corrected chi connectivity index (χ4v) is 2.06. The molecule has 0 aliphatic rings. The third-order valence-corrected chi connectivity index (χ3v) is 3.03. The lowest BCUT2D eigenvalue weighted by molar-refractivity contribution is 0.441. The summed E-state index contributed by atoms with van der Waals surface area (Å²) < 4.78 is 1.79. The van der Waals surface area contributed by atoms with Gasteiger partial charge >= 0.3 is 0 Å². The van der Waals surface area contributed by atoms with Crippen LogP contribution in [0.4, 0.5) is 0 Å². The van der Waals surface area contributed by atoms with Crippen molar-refractivity contribution in [1.82, 2.24) is 15.1 Å². The van der Waals surface area contributed by atoms with Crippen LogP contribution in [-0.2, 0) is 13.6 Å². The number of phenolic OH excluding ortho intramolecular Hbond substituents is 1. The van der Waals surface area contributed by atoms with E-state index >= 15 is 0 Å². The maximum Gasteiger partial charge on any atom is 0.120 e. The normalized spacial score (nSPS) is 12.6. The van der Waals surface area contributed by atoms with Crippen LogP contribution in [0.3, 0.4) is 0 Å². The van der Waals surface area contributed by atoms with Gasteiger partial charge in [-0.25, -0.2) is 0 Å². The number of rotatable bonds is 5. The van der Waals surface area contributed by atoms with E-state index in [1.165, 1.54) is 0 Å². The Morgan fingerprint density at radius 1 is 1.39 bits per heavy atom. The molecule has 0 spiro atoms. The summed E-state index contributed by atoms with van der Waals surface area (Å²) in [4.78, 5) is 0. The SMILES string of the molecule is CCC(NCc1cnn(C)c1)c1ccccc1O. The summed E-state index contributed by atoms with van der Waals surface area (Å²) in [5.41, 5.74) is 2.09. The molecule has 1 atom stereocenters. The number of para-hydroxylation sites is 1. The summed E-state index contributed by atoms with van der Waals surface area (Å²) >= 11 is 0. The summed E-state index contributed by atoms with van der Waals surface area (Å²) in [7, 11) is 1.91. The highest BCUT2D eigenvalue weighted by atomic mass is 16.3. The van der Waals surface area contributed by atoms with Crippen LogP contribution in [0.25, 0.3) is 0 Å². The number of aromatic hydroxyl groups is 1. The Kier molecular flexibility index (Phi) is 3.99. The van der Waals surface area contributed by atoms with Crippen LogP contribution in [0, 0.1) is 0 Å². The molecule has 1 aromatic carbocycles. The van der Waals surface area contributed by atoms with Gasteiger partial charge in [-0.05, 0) is 12.5 Å². The highest BCUT2D eigenvalue weighted by Crippen LogP contribution is 2.25. The largest absolute Gasteiger partial charge is 0.508 e. The van der Waals surface area contributed by atoms with E-state index in [0.29, 0.717) is 5.75 Å². The first-order valence-electron chi connectivity index (χ1n) is 6.19. The van der Waals surface area contributed by atoms with Crippen molar-refractivity contribution in [3.05, 3.63) is 47.8 Å². The molecule has 0 bridgehead atoms. The highest BCUT2D eigenvalue weighted by Gasteiger charge is 2.12. The van der Waals surface area contributed by atoms with Crippen molar-refractivity contribution in [2.24, 2.45) is 7.05 Å². The van der Waals surface area contributed by atoms with Gasteiger partial charge in [0, 0.05) is 37.0 Å². The first-order valence-corrected chi connectivity index (χ1v) is 6.19. The van der Waals surface area contributed by atoms with E-state index in [0.717, 1.165) is 24.1 Å². The second-order valence-corrected chi connectivity index (χ2v) is 4.42. The van der Waals surface area contributed by atoms with Gasteiger partial charge in [0.25, 0.3) is 0 Å². The lowest BCUT2D eigenvalue weighted by atomic mass is 10.0. The molecule has 2 aromatic rings. The third-order valence-electron chi connectivity index (χ3n) is 3.03. The number of nitrogens with one attached hydrogen (secondary N) is 1. The van der Waals surface area contributed by atoms with E-state index in [-0.39, 0.29) is 6.04 Å². The summed E-state index contributed by atoms with van der Waals surface area (Å²) in [6.45, 7) is 2.86. The van der Waals surface area contributed by atoms with Gasteiger partial charge in [0.2, 0.25) is 0 Å². The van der Waals surface area contributed by atoms with Crippen LogP contribution >= 0.6 is 0 Å². The predicted octanol–water partition coefficient (Wildman–Crippen LogP) is 2.37. The topological polar surface area (TPSA) is 50.1 Å². The molecule has 0 radical (unpaired) electrons. The molecule has 0 amide bonds. The molecule has 1 aromatic heterocycles. The summed E-state index contributed by atoms with van der Waals surface area (Å²) in [5.74, 6) is 0.350. The van der Waals surface area contributed by atoms with Crippen LogP contribution < -0.4 is 5.32 Å². The van der Waals surface area contributed by atoms with Crippen molar-refractivity contribution < 1.29 is 5.11 Å². The van der Waals surface area contributed by atoms with E-state index in [4.69, 9.17) is 0 Å². The molecular weight excluding hydrogens is 226 g/mol. The van der Waals surface area contributed by atoms with Crippen molar-refractivity contribution in [3.8, 4) is 5.75 Å². The van der Waals surface area contributed by atoms with Crippen LogP contribution in [-0.4, -0.2) is 14.9 Å². The molecule has 0 saturated heterocycles. The lowest BCUT2D eigenvalue weighted by Crippen LogP contribution is -2.20. The molecule has 1 unspecified atom stereocenters. The zero-order valence-electron chi connectivity index (χ0n) is 10.8. The van der Waals surface area contributed by atoms with Crippen molar-refractivity contribution in [2.75, 3.05) is 0 Å². The number of hydrogen-bond acceptors (Lipinski definition) is 3. The Bertz CT molecular complexity index is 507. The number of hydrogen-bond donors (Lipinski definition) is 2. The minimum absolute atomic E-state index is 0.159. The summed E-state index contributed by atoms with van der Waals surface area (Å²) in [5, 5.41) is 17.4. The zero-order valence-corrected chi connectivity index (χ0v) is 10.8. The molecule has 96 valence electrons. The van der Waals surface area contributed by atoms with E-state index in [1.807, 2.05) is 37.6 Å².